The minimum absolute atomic E-state index is 0.106. The number of rotatable bonds is 6. The fourth-order valence-corrected chi connectivity index (χ4v) is 3.14. The summed E-state index contributed by atoms with van der Waals surface area (Å²) in [4.78, 5) is 11.5. The van der Waals surface area contributed by atoms with Gasteiger partial charge in [-0.2, -0.15) is 13.2 Å². The molecule has 0 aromatic heterocycles. The van der Waals surface area contributed by atoms with E-state index in [4.69, 9.17) is 0 Å². The van der Waals surface area contributed by atoms with Crippen LogP contribution in [0.5, 0.6) is 0 Å². The molecule has 0 amide bonds. The lowest BCUT2D eigenvalue weighted by molar-refractivity contribution is -0.172. The monoisotopic (exact) mass is 431 g/mol. The summed E-state index contributed by atoms with van der Waals surface area (Å²) < 4.78 is 66.4. The quantitative estimate of drug-likeness (QED) is 0.542. The van der Waals surface area contributed by atoms with Crippen LogP contribution >= 0.6 is 15.9 Å². The molecule has 0 bridgehead atoms. The van der Waals surface area contributed by atoms with Gasteiger partial charge in [-0.1, -0.05) is 28.1 Å². The lowest BCUT2D eigenvalue weighted by Crippen LogP contribution is -2.54. The van der Waals surface area contributed by atoms with E-state index in [9.17, 15) is 26.9 Å². The molecule has 24 heavy (non-hydrogen) atoms. The second-order valence-corrected chi connectivity index (χ2v) is 9.19. The van der Waals surface area contributed by atoms with Crippen LogP contribution in [0.2, 0.25) is 0 Å². The van der Waals surface area contributed by atoms with Crippen LogP contribution in [0.1, 0.15) is 32.8 Å². The molecule has 9 heteroatoms. The molecule has 2 unspecified atom stereocenters. The lowest BCUT2D eigenvalue weighted by atomic mass is 9.87. The standard InChI is InChI=1S/C15H18BrF4NO2S/c1-13(2,3)24(23)21-14(9-17,8-12(22)15(18,19)20)10-5-4-6-11(16)7-10/h4-7,21H,8-9H2,1-3H3. The second kappa shape index (κ2) is 7.72. The predicted molar refractivity (Wildman–Crippen MR) is 88.5 cm³/mol. The maximum atomic E-state index is 13.9. The van der Waals surface area contributed by atoms with Crippen LogP contribution in [0.25, 0.3) is 0 Å². The van der Waals surface area contributed by atoms with Gasteiger partial charge in [0.1, 0.15) is 17.0 Å². The van der Waals surface area contributed by atoms with Crippen molar-refractivity contribution in [2.45, 2.75) is 43.7 Å². The van der Waals surface area contributed by atoms with Crippen molar-refractivity contribution in [1.29, 1.82) is 0 Å². The van der Waals surface area contributed by atoms with E-state index < -0.39 is 46.7 Å². The van der Waals surface area contributed by atoms with E-state index >= 15 is 0 Å². The maximum absolute atomic E-state index is 13.9. The van der Waals surface area contributed by atoms with Crippen molar-refractivity contribution in [1.82, 2.24) is 4.72 Å². The zero-order valence-electron chi connectivity index (χ0n) is 13.3. The lowest BCUT2D eigenvalue weighted by Gasteiger charge is -2.36. The van der Waals surface area contributed by atoms with Crippen LogP contribution in [0.15, 0.2) is 28.7 Å². The first-order chi connectivity index (χ1) is 10.8. The number of benzene rings is 1. The Morgan fingerprint density at radius 2 is 1.88 bits per heavy atom. The first kappa shape index (κ1) is 21.4. The number of hydrogen-bond acceptors (Lipinski definition) is 3. The minimum atomic E-state index is -5.10. The number of Topliss-reactive ketones (excluding diaryl/α,β-unsaturated/α-hetero) is 1. The van der Waals surface area contributed by atoms with Gasteiger partial charge in [0.15, 0.2) is 0 Å². The molecular weight excluding hydrogens is 414 g/mol. The molecule has 1 rings (SSSR count). The molecule has 0 aliphatic heterocycles. The van der Waals surface area contributed by atoms with Crippen molar-refractivity contribution in [2.75, 3.05) is 6.67 Å². The van der Waals surface area contributed by atoms with E-state index in [0.29, 0.717) is 4.47 Å². The summed E-state index contributed by atoms with van der Waals surface area (Å²) in [5.41, 5.74) is -1.93. The highest BCUT2D eigenvalue weighted by molar-refractivity contribution is 9.10. The van der Waals surface area contributed by atoms with Gasteiger partial charge in [0, 0.05) is 22.3 Å². The normalized spacial score (nSPS) is 16.5. The summed E-state index contributed by atoms with van der Waals surface area (Å²) in [5, 5.41) is 0. The highest BCUT2D eigenvalue weighted by Crippen LogP contribution is 2.34. The van der Waals surface area contributed by atoms with Gasteiger partial charge in [-0.3, -0.25) is 4.79 Å². The number of carbonyl (C=O) groups is 1. The summed E-state index contributed by atoms with van der Waals surface area (Å²) in [6.07, 6.45) is -6.29. The fraction of sp³-hybridized carbons (Fsp3) is 0.533. The smallest absolute Gasteiger partial charge is 0.450 e. The van der Waals surface area contributed by atoms with E-state index in [0.717, 1.165) is 0 Å². The Morgan fingerprint density at radius 1 is 1.29 bits per heavy atom. The first-order valence-corrected chi connectivity index (χ1v) is 8.88. The summed E-state index contributed by atoms with van der Waals surface area (Å²) in [7, 11) is 0. The molecule has 1 aromatic rings. The number of halogens is 5. The molecule has 2 atom stereocenters. The van der Waals surface area contributed by atoms with Crippen LogP contribution in [-0.2, 0) is 21.7 Å². The van der Waals surface area contributed by atoms with E-state index in [-0.39, 0.29) is 5.56 Å². The fourth-order valence-electron chi connectivity index (χ4n) is 1.84. The van der Waals surface area contributed by atoms with Crippen molar-refractivity contribution in [2.24, 2.45) is 0 Å². The van der Waals surface area contributed by atoms with Crippen LogP contribution in [0.4, 0.5) is 17.6 Å². The Balaban J connectivity index is 3.34. The molecule has 0 aliphatic rings. The average molecular weight is 432 g/mol. The third-order valence-electron chi connectivity index (χ3n) is 3.23. The molecule has 1 aromatic carbocycles. The molecule has 0 heterocycles. The predicted octanol–water partition coefficient (Wildman–Crippen LogP) is 4.19. The van der Waals surface area contributed by atoms with Gasteiger partial charge >= 0.3 is 6.18 Å². The van der Waals surface area contributed by atoms with Gasteiger partial charge in [0.2, 0.25) is 5.78 Å². The van der Waals surface area contributed by atoms with Gasteiger partial charge < -0.3 is 4.55 Å². The zero-order chi connectivity index (χ0) is 18.8. The van der Waals surface area contributed by atoms with E-state index in [2.05, 4.69) is 20.7 Å². The third kappa shape index (κ3) is 5.44. The third-order valence-corrected chi connectivity index (χ3v) is 5.41. The molecular formula is C15H18BrF4NO2S. The van der Waals surface area contributed by atoms with E-state index in [1.165, 1.54) is 18.2 Å². The molecule has 0 aliphatic carbocycles. The molecule has 136 valence electrons. The number of carbonyl (C=O) groups excluding carboxylic acids is 1. The summed E-state index contributed by atoms with van der Waals surface area (Å²) in [5.74, 6) is -2.08. The Bertz CT molecular complexity index is 592. The Hall–Kier alpha value is -0.640. The first-order valence-electron chi connectivity index (χ1n) is 6.93. The van der Waals surface area contributed by atoms with Crippen LogP contribution in [-0.4, -0.2) is 27.9 Å². The van der Waals surface area contributed by atoms with Crippen LogP contribution < -0.4 is 4.72 Å². The second-order valence-electron chi connectivity index (χ2n) is 6.31. The molecule has 3 nitrogen and oxygen atoms in total. The Labute approximate surface area is 149 Å². The molecule has 0 saturated carbocycles. The minimum Gasteiger partial charge on any atom is -0.598 e. The summed E-state index contributed by atoms with van der Waals surface area (Å²) in [6.45, 7) is 3.44. The summed E-state index contributed by atoms with van der Waals surface area (Å²) in [6, 6.07) is 5.90. The zero-order valence-corrected chi connectivity index (χ0v) is 15.7. The highest BCUT2D eigenvalue weighted by atomic mass is 79.9. The largest absolute Gasteiger partial charge is 0.598 e. The Morgan fingerprint density at radius 3 is 2.29 bits per heavy atom. The van der Waals surface area contributed by atoms with Crippen molar-refractivity contribution >= 4 is 33.1 Å². The molecule has 0 fully saturated rings. The van der Waals surface area contributed by atoms with Crippen LogP contribution in [0, 0.1) is 0 Å². The van der Waals surface area contributed by atoms with E-state index in [1.54, 1.807) is 26.8 Å². The van der Waals surface area contributed by atoms with Gasteiger partial charge in [-0.15, -0.1) is 4.72 Å². The van der Waals surface area contributed by atoms with Crippen molar-refractivity contribution in [3.05, 3.63) is 34.3 Å². The van der Waals surface area contributed by atoms with Crippen LogP contribution in [0.3, 0.4) is 0 Å². The maximum Gasteiger partial charge on any atom is 0.450 e. The molecule has 0 radical (unpaired) electrons. The number of nitrogens with one attached hydrogen (secondary N) is 1. The SMILES string of the molecule is CC(C)(C)[S+]([O-])NC(CF)(CC(=O)C(F)(F)F)c1cccc(Br)c1. The van der Waals surface area contributed by atoms with E-state index in [1.807, 2.05) is 0 Å². The number of alkyl halides is 4. The molecule has 0 saturated heterocycles. The number of hydrogen-bond donors (Lipinski definition) is 1. The summed E-state index contributed by atoms with van der Waals surface area (Å²) >= 11 is 1.28. The van der Waals surface area contributed by atoms with Crippen molar-refractivity contribution < 1.29 is 26.9 Å². The van der Waals surface area contributed by atoms with Crippen molar-refractivity contribution in [3.8, 4) is 0 Å². The Kier molecular flexibility index (Phi) is 6.88. The van der Waals surface area contributed by atoms with Gasteiger partial charge in [-0.05, 0) is 38.5 Å². The molecule has 1 N–H and O–H groups in total. The number of ketones is 1. The van der Waals surface area contributed by atoms with Gasteiger partial charge in [-0.25, -0.2) is 4.39 Å². The van der Waals surface area contributed by atoms with Gasteiger partial charge in [0.25, 0.3) is 0 Å². The van der Waals surface area contributed by atoms with Gasteiger partial charge in [0.05, 0.1) is 0 Å². The van der Waals surface area contributed by atoms with Crippen molar-refractivity contribution in [3.63, 3.8) is 0 Å². The molecule has 0 spiro atoms. The average Bonchev–Trinajstić information content (AvgIpc) is 2.44. The highest BCUT2D eigenvalue weighted by Gasteiger charge is 2.48. The topological polar surface area (TPSA) is 52.2 Å².